The monoisotopic (exact) mass is 233 g/mol. The highest BCUT2D eigenvalue weighted by Gasteiger charge is 2.37. The van der Waals surface area contributed by atoms with Crippen molar-refractivity contribution in [3.8, 4) is 0 Å². The molecule has 0 amide bonds. The maximum absolute atomic E-state index is 6.02. The number of rotatable bonds is 3. The van der Waals surface area contributed by atoms with E-state index in [2.05, 4.69) is 23.6 Å². The molecule has 2 aliphatic rings. The first-order valence-electron chi connectivity index (χ1n) is 5.76. The highest BCUT2D eigenvalue weighted by Crippen LogP contribution is 2.33. The summed E-state index contributed by atoms with van der Waals surface area (Å²) >= 11 is 8.14. The van der Waals surface area contributed by atoms with Gasteiger partial charge in [0.05, 0.1) is 0 Å². The fraction of sp³-hybridized carbons (Fsp3) is 1.00. The maximum Gasteiger partial charge on any atom is 0.0267 e. The van der Waals surface area contributed by atoms with Gasteiger partial charge in [-0.05, 0) is 37.5 Å². The number of likely N-dealkylation sites (tertiary alicyclic amines) is 1. The molecule has 1 nitrogen and oxygen atoms in total. The van der Waals surface area contributed by atoms with Crippen molar-refractivity contribution in [2.24, 2.45) is 5.92 Å². The Morgan fingerprint density at radius 3 is 2.86 bits per heavy atom. The van der Waals surface area contributed by atoms with Gasteiger partial charge in [-0.15, -0.1) is 11.6 Å². The quantitative estimate of drug-likeness (QED) is 0.690. The Bertz CT molecular complexity index is 182. The third-order valence-electron chi connectivity index (χ3n) is 3.72. The SMILES string of the molecule is CCC1C(CCl)CCN1C1CCSC1. The average Bonchev–Trinajstić information content (AvgIpc) is 2.85. The van der Waals surface area contributed by atoms with Crippen molar-refractivity contribution < 1.29 is 0 Å². The first-order chi connectivity index (χ1) is 6.86. The van der Waals surface area contributed by atoms with Gasteiger partial charge in [0.25, 0.3) is 0 Å². The van der Waals surface area contributed by atoms with Crippen LogP contribution in [0.4, 0.5) is 0 Å². The van der Waals surface area contributed by atoms with Crippen LogP contribution in [0.15, 0.2) is 0 Å². The largest absolute Gasteiger partial charge is 0.296 e. The van der Waals surface area contributed by atoms with Gasteiger partial charge in [-0.3, -0.25) is 4.90 Å². The number of halogens is 1. The average molecular weight is 234 g/mol. The lowest BCUT2D eigenvalue weighted by atomic mass is 10.00. The second-order valence-electron chi connectivity index (χ2n) is 4.43. The van der Waals surface area contributed by atoms with Crippen molar-refractivity contribution in [2.75, 3.05) is 23.9 Å². The van der Waals surface area contributed by atoms with E-state index in [-0.39, 0.29) is 0 Å². The van der Waals surface area contributed by atoms with Crippen LogP contribution in [0, 0.1) is 5.92 Å². The van der Waals surface area contributed by atoms with Crippen LogP contribution in [-0.4, -0.2) is 40.9 Å². The zero-order valence-electron chi connectivity index (χ0n) is 8.92. The topological polar surface area (TPSA) is 3.24 Å². The van der Waals surface area contributed by atoms with Crippen LogP contribution in [0.5, 0.6) is 0 Å². The minimum Gasteiger partial charge on any atom is -0.296 e. The lowest BCUT2D eigenvalue weighted by Gasteiger charge is -2.31. The molecule has 0 N–H and O–H groups in total. The summed E-state index contributed by atoms with van der Waals surface area (Å²) in [4.78, 5) is 2.74. The van der Waals surface area contributed by atoms with E-state index in [1.165, 1.54) is 37.3 Å². The van der Waals surface area contributed by atoms with Crippen molar-refractivity contribution in [2.45, 2.75) is 38.3 Å². The van der Waals surface area contributed by atoms with Crippen LogP contribution >= 0.6 is 23.4 Å². The smallest absolute Gasteiger partial charge is 0.0267 e. The van der Waals surface area contributed by atoms with E-state index in [0.29, 0.717) is 0 Å². The van der Waals surface area contributed by atoms with E-state index in [1.54, 1.807) is 0 Å². The van der Waals surface area contributed by atoms with Crippen molar-refractivity contribution in [3.05, 3.63) is 0 Å². The summed E-state index contributed by atoms with van der Waals surface area (Å²) in [6.45, 7) is 3.60. The van der Waals surface area contributed by atoms with Crippen molar-refractivity contribution in [1.82, 2.24) is 4.90 Å². The third kappa shape index (κ3) is 2.07. The highest BCUT2D eigenvalue weighted by atomic mass is 35.5. The molecule has 2 rings (SSSR count). The van der Waals surface area contributed by atoms with Crippen LogP contribution in [0.2, 0.25) is 0 Å². The molecule has 0 aromatic heterocycles. The fourth-order valence-corrected chi connectivity index (χ4v) is 4.52. The van der Waals surface area contributed by atoms with Crippen LogP contribution in [0.1, 0.15) is 26.2 Å². The molecule has 3 heteroatoms. The van der Waals surface area contributed by atoms with Crippen LogP contribution < -0.4 is 0 Å². The Morgan fingerprint density at radius 2 is 2.29 bits per heavy atom. The van der Waals surface area contributed by atoms with Crippen molar-refractivity contribution in [3.63, 3.8) is 0 Å². The molecule has 0 saturated carbocycles. The highest BCUT2D eigenvalue weighted by molar-refractivity contribution is 7.99. The summed E-state index contributed by atoms with van der Waals surface area (Å²) in [7, 11) is 0. The molecule has 0 radical (unpaired) electrons. The van der Waals surface area contributed by atoms with Gasteiger partial charge in [-0.2, -0.15) is 11.8 Å². The number of hydrogen-bond acceptors (Lipinski definition) is 2. The molecule has 3 unspecified atom stereocenters. The molecule has 0 aromatic rings. The molecular weight excluding hydrogens is 214 g/mol. The Morgan fingerprint density at radius 1 is 1.43 bits per heavy atom. The summed E-state index contributed by atoms with van der Waals surface area (Å²) < 4.78 is 0. The summed E-state index contributed by atoms with van der Waals surface area (Å²) in [5.74, 6) is 4.33. The molecule has 2 heterocycles. The van der Waals surface area contributed by atoms with Crippen LogP contribution in [0.3, 0.4) is 0 Å². The molecule has 14 heavy (non-hydrogen) atoms. The lowest BCUT2D eigenvalue weighted by Crippen LogP contribution is -2.41. The Balaban J connectivity index is 1.97. The number of hydrogen-bond donors (Lipinski definition) is 0. The van der Waals surface area contributed by atoms with Gasteiger partial charge in [-0.1, -0.05) is 6.92 Å². The number of thioether (sulfide) groups is 1. The summed E-state index contributed by atoms with van der Waals surface area (Å²) in [5, 5.41) is 0. The van der Waals surface area contributed by atoms with Crippen molar-refractivity contribution in [1.29, 1.82) is 0 Å². The van der Waals surface area contributed by atoms with Gasteiger partial charge in [0.2, 0.25) is 0 Å². The summed E-state index contributed by atoms with van der Waals surface area (Å²) in [6.07, 6.45) is 4.00. The van der Waals surface area contributed by atoms with E-state index in [1.807, 2.05) is 0 Å². The van der Waals surface area contributed by atoms with E-state index in [0.717, 1.165) is 23.9 Å². The molecule has 0 aromatic carbocycles. The number of alkyl halides is 1. The minimum absolute atomic E-state index is 0.757. The lowest BCUT2D eigenvalue weighted by molar-refractivity contribution is 0.174. The Kier molecular flexibility index (Phi) is 4.03. The molecule has 2 saturated heterocycles. The normalized spacial score (nSPS) is 39.4. The van der Waals surface area contributed by atoms with Gasteiger partial charge >= 0.3 is 0 Å². The van der Waals surface area contributed by atoms with Gasteiger partial charge in [0.15, 0.2) is 0 Å². The molecule has 0 spiro atoms. The van der Waals surface area contributed by atoms with Gasteiger partial charge in [0, 0.05) is 23.7 Å². The maximum atomic E-state index is 6.02. The predicted octanol–water partition coefficient (Wildman–Crippen LogP) is 2.83. The second-order valence-corrected chi connectivity index (χ2v) is 5.89. The Hall–Kier alpha value is 0.600. The van der Waals surface area contributed by atoms with E-state index in [4.69, 9.17) is 11.6 Å². The van der Waals surface area contributed by atoms with Gasteiger partial charge < -0.3 is 0 Å². The fourth-order valence-electron chi connectivity index (χ4n) is 2.93. The molecule has 0 aliphatic carbocycles. The van der Waals surface area contributed by atoms with Crippen LogP contribution in [0.25, 0.3) is 0 Å². The van der Waals surface area contributed by atoms with E-state index < -0.39 is 0 Å². The predicted molar refractivity (Wildman–Crippen MR) is 65.3 cm³/mol. The first kappa shape index (κ1) is 11.1. The van der Waals surface area contributed by atoms with Crippen LogP contribution in [-0.2, 0) is 0 Å². The first-order valence-corrected chi connectivity index (χ1v) is 7.45. The zero-order chi connectivity index (χ0) is 9.97. The molecule has 2 fully saturated rings. The molecule has 2 aliphatic heterocycles. The van der Waals surface area contributed by atoms with Gasteiger partial charge in [-0.25, -0.2) is 0 Å². The molecule has 0 bridgehead atoms. The zero-order valence-corrected chi connectivity index (χ0v) is 10.5. The molecule has 82 valence electrons. The van der Waals surface area contributed by atoms with Crippen molar-refractivity contribution >= 4 is 23.4 Å². The molecule has 3 atom stereocenters. The summed E-state index contributed by atoms with van der Waals surface area (Å²) in [6, 6.07) is 1.63. The standard InChI is InChI=1S/C11H20ClNS/c1-2-11-9(7-12)3-5-13(11)10-4-6-14-8-10/h9-11H,2-8H2,1H3. The van der Waals surface area contributed by atoms with E-state index in [9.17, 15) is 0 Å². The van der Waals surface area contributed by atoms with E-state index >= 15 is 0 Å². The third-order valence-corrected chi connectivity index (χ3v) is 5.26. The van der Waals surface area contributed by atoms with Gasteiger partial charge in [0.1, 0.15) is 0 Å². The molecular formula is C11H20ClNS. The summed E-state index contributed by atoms with van der Waals surface area (Å²) in [5.41, 5.74) is 0. The number of nitrogens with zero attached hydrogens (tertiary/aromatic N) is 1. The Labute approximate surface area is 96.6 Å². The second kappa shape index (κ2) is 5.09. The minimum atomic E-state index is 0.757.